The van der Waals surface area contributed by atoms with Crippen molar-refractivity contribution in [3.8, 4) is 0 Å². The minimum absolute atomic E-state index is 0.0102. The SMILES string of the molecule is C/C(=C\C(=O)c1ccc(C)cc1)Nc1ccc(Cl)cc1. The summed E-state index contributed by atoms with van der Waals surface area (Å²) in [5, 5.41) is 3.85. The van der Waals surface area contributed by atoms with Crippen molar-refractivity contribution in [1.29, 1.82) is 0 Å². The van der Waals surface area contributed by atoms with E-state index in [4.69, 9.17) is 11.6 Å². The number of hydrogen-bond acceptors (Lipinski definition) is 2. The molecule has 0 spiro atoms. The van der Waals surface area contributed by atoms with Crippen LogP contribution in [0.5, 0.6) is 0 Å². The van der Waals surface area contributed by atoms with Crippen LogP contribution in [-0.4, -0.2) is 5.78 Å². The molecule has 0 radical (unpaired) electrons. The Morgan fingerprint density at radius 1 is 1.05 bits per heavy atom. The Labute approximate surface area is 124 Å². The van der Waals surface area contributed by atoms with Gasteiger partial charge in [0.2, 0.25) is 0 Å². The molecule has 20 heavy (non-hydrogen) atoms. The molecule has 0 heterocycles. The molecule has 0 saturated carbocycles. The Hall–Kier alpha value is -2.06. The van der Waals surface area contributed by atoms with Crippen LogP contribution in [0.25, 0.3) is 0 Å². The van der Waals surface area contributed by atoms with Crippen LogP contribution in [0, 0.1) is 6.92 Å². The van der Waals surface area contributed by atoms with Gasteiger partial charge in [-0.15, -0.1) is 0 Å². The Bertz CT molecular complexity index is 627. The lowest BCUT2D eigenvalue weighted by molar-refractivity contribution is 0.104. The topological polar surface area (TPSA) is 29.1 Å². The fourth-order valence-electron chi connectivity index (χ4n) is 1.79. The Kier molecular flexibility index (Phi) is 4.59. The lowest BCUT2D eigenvalue weighted by Crippen LogP contribution is -2.01. The zero-order chi connectivity index (χ0) is 14.5. The maximum absolute atomic E-state index is 12.1. The number of halogens is 1. The third-order valence-electron chi connectivity index (χ3n) is 2.87. The number of benzene rings is 2. The number of allylic oxidation sites excluding steroid dienone is 2. The van der Waals surface area contributed by atoms with E-state index in [1.54, 1.807) is 18.2 Å². The highest BCUT2D eigenvalue weighted by atomic mass is 35.5. The molecule has 2 aromatic carbocycles. The summed E-state index contributed by atoms with van der Waals surface area (Å²) in [6.07, 6.45) is 1.60. The number of aryl methyl sites for hydroxylation is 1. The molecule has 3 heteroatoms. The van der Waals surface area contributed by atoms with E-state index in [1.165, 1.54) is 0 Å². The smallest absolute Gasteiger partial charge is 0.187 e. The molecule has 0 fully saturated rings. The summed E-state index contributed by atoms with van der Waals surface area (Å²) in [6.45, 7) is 3.86. The van der Waals surface area contributed by atoms with Crippen LogP contribution in [0.15, 0.2) is 60.3 Å². The van der Waals surface area contributed by atoms with Crippen LogP contribution < -0.4 is 5.32 Å². The van der Waals surface area contributed by atoms with Crippen molar-refractivity contribution in [2.24, 2.45) is 0 Å². The van der Waals surface area contributed by atoms with Crippen LogP contribution in [0.2, 0.25) is 5.02 Å². The summed E-state index contributed by atoms with van der Waals surface area (Å²) in [7, 11) is 0. The predicted octanol–water partition coefficient (Wildman–Crippen LogP) is 4.85. The standard InChI is InChI=1S/C17H16ClNO/c1-12-3-5-14(6-4-12)17(20)11-13(2)19-16-9-7-15(18)8-10-16/h3-11,19H,1-2H3/b13-11+. The Balaban J connectivity index is 2.07. The highest BCUT2D eigenvalue weighted by Gasteiger charge is 2.03. The van der Waals surface area contributed by atoms with Crippen molar-refractivity contribution in [1.82, 2.24) is 0 Å². The van der Waals surface area contributed by atoms with Gasteiger partial charge in [0.05, 0.1) is 0 Å². The normalized spacial score (nSPS) is 11.2. The van der Waals surface area contributed by atoms with Crippen LogP contribution >= 0.6 is 11.6 Å². The van der Waals surface area contributed by atoms with E-state index < -0.39 is 0 Å². The van der Waals surface area contributed by atoms with E-state index in [0.29, 0.717) is 10.6 Å². The molecule has 0 amide bonds. The molecule has 2 aromatic rings. The van der Waals surface area contributed by atoms with Crippen LogP contribution in [0.1, 0.15) is 22.8 Å². The lowest BCUT2D eigenvalue weighted by atomic mass is 10.1. The molecular formula is C17H16ClNO. The summed E-state index contributed by atoms with van der Waals surface area (Å²) in [5.41, 5.74) is 3.52. The van der Waals surface area contributed by atoms with Crippen molar-refractivity contribution < 1.29 is 4.79 Å². The number of anilines is 1. The summed E-state index contributed by atoms with van der Waals surface area (Å²) in [6, 6.07) is 14.9. The van der Waals surface area contributed by atoms with Gasteiger partial charge in [0.1, 0.15) is 0 Å². The zero-order valence-corrected chi connectivity index (χ0v) is 12.2. The highest BCUT2D eigenvalue weighted by molar-refractivity contribution is 6.30. The Morgan fingerprint density at radius 2 is 1.65 bits per heavy atom. The van der Waals surface area contributed by atoms with Gasteiger partial charge in [0.25, 0.3) is 0 Å². The third kappa shape index (κ3) is 3.97. The van der Waals surface area contributed by atoms with Gasteiger partial charge in [0, 0.05) is 28.0 Å². The molecule has 0 aliphatic heterocycles. The van der Waals surface area contributed by atoms with Crippen LogP contribution in [0.4, 0.5) is 5.69 Å². The molecule has 102 valence electrons. The van der Waals surface area contributed by atoms with Gasteiger partial charge >= 0.3 is 0 Å². The summed E-state index contributed by atoms with van der Waals surface area (Å²) < 4.78 is 0. The van der Waals surface area contributed by atoms with Gasteiger partial charge < -0.3 is 5.32 Å². The molecule has 0 saturated heterocycles. The molecular weight excluding hydrogens is 270 g/mol. The van der Waals surface area contributed by atoms with E-state index in [1.807, 2.05) is 50.2 Å². The second kappa shape index (κ2) is 6.40. The first-order chi connectivity index (χ1) is 9.54. The van der Waals surface area contributed by atoms with Gasteiger partial charge in [-0.05, 0) is 38.1 Å². The first kappa shape index (κ1) is 14.4. The molecule has 2 rings (SSSR count). The maximum atomic E-state index is 12.1. The largest absolute Gasteiger partial charge is 0.359 e. The van der Waals surface area contributed by atoms with E-state index in [9.17, 15) is 4.79 Å². The Morgan fingerprint density at radius 3 is 2.25 bits per heavy atom. The second-order valence-corrected chi connectivity index (χ2v) is 5.13. The van der Waals surface area contributed by atoms with Crippen molar-refractivity contribution >= 4 is 23.1 Å². The van der Waals surface area contributed by atoms with E-state index in [0.717, 1.165) is 16.9 Å². The third-order valence-corrected chi connectivity index (χ3v) is 3.12. The van der Waals surface area contributed by atoms with Gasteiger partial charge in [-0.25, -0.2) is 0 Å². The monoisotopic (exact) mass is 285 g/mol. The van der Waals surface area contributed by atoms with Crippen LogP contribution in [-0.2, 0) is 0 Å². The zero-order valence-electron chi connectivity index (χ0n) is 11.5. The van der Waals surface area contributed by atoms with E-state index >= 15 is 0 Å². The number of carbonyl (C=O) groups is 1. The van der Waals surface area contributed by atoms with E-state index in [2.05, 4.69) is 5.32 Å². The number of ketones is 1. The molecule has 0 atom stereocenters. The van der Waals surface area contributed by atoms with Crippen molar-refractivity contribution in [2.45, 2.75) is 13.8 Å². The molecule has 0 unspecified atom stereocenters. The average Bonchev–Trinajstić information content (AvgIpc) is 2.42. The van der Waals surface area contributed by atoms with Crippen molar-refractivity contribution in [3.05, 3.63) is 76.5 Å². The minimum atomic E-state index is -0.0102. The molecule has 0 aliphatic carbocycles. The second-order valence-electron chi connectivity index (χ2n) is 4.69. The average molecular weight is 286 g/mol. The summed E-state index contributed by atoms with van der Waals surface area (Å²) in [5.74, 6) is -0.0102. The molecule has 0 aromatic heterocycles. The van der Waals surface area contributed by atoms with Crippen molar-refractivity contribution in [2.75, 3.05) is 5.32 Å². The fourth-order valence-corrected chi connectivity index (χ4v) is 1.92. The quantitative estimate of drug-likeness (QED) is 0.643. The van der Waals surface area contributed by atoms with Crippen LogP contribution in [0.3, 0.4) is 0 Å². The maximum Gasteiger partial charge on any atom is 0.187 e. The minimum Gasteiger partial charge on any atom is -0.359 e. The molecule has 0 aliphatic rings. The number of carbonyl (C=O) groups excluding carboxylic acids is 1. The summed E-state index contributed by atoms with van der Waals surface area (Å²) in [4.78, 5) is 12.1. The number of rotatable bonds is 4. The summed E-state index contributed by atoms with van der Waals surface area (Å²) >= 11 is 5.83. The number of nitrogens with one attached hydrogen (secondary N) is 1. The lowest BCUT2D eigenvalue weighted by Gasteiger charge is -2.06. The number of hydrogen-bond donors (Lipinski definition) is 1. The van der Waals surface area contributed by atoms with Crippen molar-refractivity contribution in [3.63, 3.8) is 0 Å². The van der Waals surface area contributed by atoms with Gasteiger partial charge in [-0.3, -0.25) is 4.79 Å². The van der Waals surface area contributed by atoms with Gasteiger partial charge in [0.15, 0.2) is 5.78 Å². The fraction of sp³-hybridized carbons (Fsp3) is 0.118. The predicted molar refractivity (Wildman–Crippen MR) is 84.3 cm³/mol. The molecule has 2 nitrogen and oxygen atoms in total. The molecule has 0 bridgehead atoms. The van der Waals surface area contributed by atoms with Gasteiger partial charge in [-0.2, -0.15) is 0 Å². The molecule has 1 N–H and O–H groups in total. The first-order valence-corrected chi connectivity index (χ1v) is 6.74. The first-order valence-electron chi connectivity index (χ1n) is 6.36. The van der Waals surface area contributed by atoms with E-state index in [-0.39, 0.29) is 5.78 Å². The highest BCUT2D eigenvalue weighted by Crippen LogP contribution is 2.15. The van der Waals surface area contributed by atoms with Gasteiger partial charge in [-0.1, -0.05) is 41.4 Å².